The topological polar surface area (TPSA) is 56.3 Å². The van der Waals surface area contributed by atoms with Crippen molar-refractivity contribution in [2.75, 3.05) is 5.75 Å². The molecule has 0 aliphatic rings. The molecular formula is C14H13F2NO3S. The van der Waals surface area contributed by atoms with Gasteiger partial charge in [-0.1, -0.05) is 23.8 Å². The Morgan fingerprint density at radius 2 is 1.81 bits per heavy atom. The van der Waals surface area contributed by atoms with Crippen molar-refractivity contribution in [2.24, 2.45) is 0 Å². The van der Waals surface area contributed by atoms with E-state index in [1.54, 1.807) is 12.1 Å². The smallest absolute Gasteiger partial charge is 0.315 e. The molecule has 2 rings (SSSR count). The number of aromatic nitrogens is 1. The van der Waals surface area contributed by atoms with Gasteiger partial charge in [-0.15, -0.1) is 0 Å². The minimum atomic E-state index is -4.44. The lowest BCUT2D eigenvalue weighted by Crippen LogP contribution is -2.29. The van der Waals surface area contributed by atoms with Crippen molar-refractivity contribution in [3.05, 3.63) is 59.9 Å². The molecule has 1 aromatic carbocycles. The molecule has 0 unspecified atom stereocenters. The number of hydrogen-bond donors (Lipinski definition) is 0. The maximum Gasteiger partial charge on any atom is 0.315 e. The zero-order valence-corrected chi connectivity index (χ0v) is 12.0. The van der Waals surface area contributed by atoms with E-state index in [-0.39, 0.29) is 5.75 Å². The summed E-state index contributed by atoms with van der Waals surface area (Å²) in [5.74, 6) is -5.09. The third kappa shape index (κ3) is 4.22. The van der Waals surface area contributed by atoms with Gasteiger partial charge in [0.05, 0.1) is 0 Å². The van der Waals surface area contributed by atoms with Crippen LogP contribution in [0.15, 0.2) is 48.7 Å². The highest BCUT2D eigenvalue weighted by Crippen LogP contribution is 2.28. The van der Waals surface area contributed by atoms with Gasteiger partial charge in [0.1, 0.15) is 11.4 Å². The number of benzene rings is 1. The van der Waals surface area contributed by atoms with Gasteiger partial charge in [-0.05, 0) is 31.2 Å². The second-order valence-electron chi connectivity index (χ2n) is 4.52. The SMILES string of the molecule is Cc1ccc(OS(=O)(=O)CC(F)(F)c2ccccn2)cc1. The molecule has 7 heteroatoms. The molecule has 1 heterocycles. The molecule has 2 aromatic rings. The summed E-state index contributed by atoms with van der Waals surface area (Å²) in [4.78, 5) is 3.48. The van der Waals surface area contributed by atoms with Gasteiger partial charge in [-0.3, -0.25) is 4.98 Å². The number of aryl methyl sites for hydroxylation is 1. The van der Waals surface area contributed by atoms with Crippen LogP contribution >= 0.6 is 0 Å². The summed E-state index contributed by atoms with van der Waals surface area (Å²) in [6.45, 7) is 1.81. The predicted molar refractivity (Wildman–Crippen MR) is 73.7 cm³/mol. The van der Waals surface area contributed by atoms with E-state index < -0.39 is 27.5 Å². The fourth-order valence-corrected chi connectivity index (χ4v) is 2.70. The minimum Gasteiger partial charge on any atom is -0.382 e. The molecule has 0 saturated heterocycles. The summed E-state index contributed by atoms with van der Waals surface area (Å²) in [6, 6.07) is 9.98. The van der Waals surface area contributed by atoms with Gasteiger partial charge < -0.3 is 4.18 Å². The number of alkyl halides is 2. The van der Waals surface area contributed by atoms with Gasteiger partial charge in [-0.2, -0.15) is 17.2 Å². The summed E-state index contributed by atoms with van der Waals surface area (Å²) >= 11 is 0. The first-order valence-electron chi connectivity index (χ1n) is 6.07. The average molecular weight is 313 g/mol. The fourth-order valence-electron chi connectivity index (χ4n) is 1.64. The van der Waals surface area contributed by atoms with E-state index in [1.807, 2.05) is 6.92 Å². The Morgan fingerprint density at radius 1 is 1.14 bits per heavy atom. The van der Waals surface area contributed by atoms with E-state index in [1.165, 1.54) is 30.5 Å². The number of rotatable bonds is 5. The third-order valence-corrected chi connectivity index (χ3v) is 3.80. The van der Waals surface area contributed by atoms with Crippen molar-refractivity contribution in [1.29, 1.82) is 0 Å². The van der Waals surface area contributed by atoms with Crippen molar-refractivity contribution in [1.82, 2.24) is 4.98 Å². The lowest BCUT2D eigenvalue weighted by Gasteiger charge is -2.15. The zero-order valence-electron chi connectivity index (χ0n) is 11.2. The number of pyridine rings is 1. The Kier molecular flexibility index (Phi) is 4.22. The van der Waals surface area contributed by atoms with Crippen LogP contribution in [0.2, 0.25) is 0 Å². The molecule has 0 aliphatic heterocycles. The first-order valence-corrected chi connectivity index (χ1v) is 7.64. The van der Waals surface area contributed by atoms with Gasteiger partial charge in [0.25, 0.3) is 0 Å². The van der Waals surface area contributed by atoms with Crippen molar-refractivity contribution < 1.29 is 21.4 Å². The van der Waals surface area contributed by atoms with Crippen molar-refractivity contribution in [3.63, 3.8) is 0 Å². The fraction of sp³-hybridized carbons (Fsp3) is 0.214. The van der Waals surface area contributed by atoms with Crippen LogP contribution in [0, 0.1) is 6.92 Å². The largest absolute Gasteiger partial charge is 0.382 e. The highest BCUT2D eigenvalue weighted by molar-refractivity contribution is 7.87. The van der Waals surface area contributed by atoms with Gasteiger partial charge in [0.15, 0.2) is 5.75 Å². The summed E-state index contributed by atoms with van der Waals surface area (Å²) in [7, 11) is -4.44. The average Bonchev–Trinajstić information content (AvgIpc) is 2.41. The Morgan fingerprint density at radius 3 is 2.38 bits per heavy atom. The van der Waals surface area contributed by atoms with Crippen molar-refractivity contribution in [2.45, 2.75) is 12.8 Å². The molecule has 0 fully saturated rings. The van der Waals surface area contributed by atoms with Crippen LogP contribution in [-0.2, 0) is 16.0 Å². The van der Waals surface area contributed by atoms with E-state index in [0.29, 0.717) is 0 Å². The monoisotopic (exact) mass is 313 g/mol. The van der Waals surface area contributed by atoms with Gasteiger partial charge >= 0.3 is 16.0 Å². The molecule has 112 valence electrons. The Bertz CT molecular complexity index is 701. The van der Waals surface area contributed by atoms with Crippen LogP contribution in [0.3, 0.4) is 0 Å². The maximum atomic E-state index is 13.9. The normalized spacial score (nSPS) is 12.1. The molecule has 0 bridgehead atoms. The molecule has 0 N–H and O–H groups in total. The highest BCUT2D eigenvalue weighted by atomic mass is 32.2. The van der Waals surface area contributed by atoms with Crippen molar-refractivity contribution >= 4 is 10.1 Å². The van der Waals surface area contributed by atoms with E-state index in [2.05, 4.69) is 9.17 Å². The Labute approximate surface area is 121 Å². The summed E-state index contributed by atoms with van der Waals surface area (Å²) < 4.78 is 56.0. The second kappa shape index (κ2) is 5.77. The molecule has 0 aliphatic carbocycles. The van der Waals surface area contributed by atoms with E-state index in [9.17, 15) is 17.2 Å². The molecule has 21 heavy (non-hydrogen) atoms. The highest BCUT2D eigenvalue weighted by Gasteiger charge is 2.40. The zero-order chi connectivity index (χ0) is 15.5. The van der Waals surface area contributed by atoms with Crippen LogP contribution in [0.25, 0.3) is 0 Å². The summed E-state index contributed by atoms with van der Waals surface area (Å²) in [5, 5.41) is 0. The predicted octanol–water partition coefficient (Wildman–Crippen LogP) is 2.89. The third-order valence-electron chi connectivity index (χ3n) is 2.64. The van der Waals surface area contributed by atoms with Gasteiger partial charge in [0, 0.05) is 6.20 Å². The van der Waals surface area contributed by atoms with Crippen LogP contribution in [0.4, 0.5) is 8.78 Å². The standard InChI is InChI=1S/C14H13F2NO3S/c1-11-5-7-12(8-6-11)20-21(18,19)10-14(15,16)13-4-2-3-9-17-13/h2-9H,10H2,1H3. The number of halogens is 2. The lowest BCUT2D eigenvalue weighted by atomic mass is 10.2. The first-order chi connectivity index (χ1) is 9.78. The van der Waals surface area contributed by atoms with E-state index in [4.69, 9.17) is 0 Å². The molecule has 1 aromatic heterocycles. The van der Waals surface area contributed by atoms with Crippen LogP contribution in [0.1, 0.15) is 11.3 Å². The molecule has 0 atom stereocenters. The Balaban J connectivity index is 2.15. The van der Waals surface area contributed by atoms with Crippen LogP contribution in [-0.4, -0.2) is 19.2 Å². The summed E-state index contributed by atoms with van der Waals surface area (Å²) in [6.07, 6.45) is 1.18. The number of hydrogen-bond acceptors (Lipinski definition) is 4. The second-order valence-corrected chi connectivity index (χ2v) is 6.09. The van der Waals surface area contributed by atoms with Crippen LogP contribution < -0.4 is 4.18 Å². The molecule has 4 nitrogen and oxygen atoms in total. The van der Waals surface area contributed by atoms with E-state index in [0.717, 1.165) is 11.6 Å². The molecule has 0 radical (unpaired) electrons. The Hall–Kier alpha value is -2.02. The molecule has 0 spiro atoms. The quantitative estimate of drug-likeness (QED) is 0.797. The first kappa shape index (κ1) is 15.4. The van der Waals surface area contributed by atoms with Gasteiger partial charge in [0.2, 0.25) is 0 Å². The summed E-state index contributed by atoms with van der Waals surface area (Å²) in [5.41, 5.74) is 0.291. The van der Waals surface area contributed by atoms with E-state index >= 15 is 0 Å². The number of nitrogens with zero attached hydrogens (tertiary/aromatic N) is 1. The molecule has 0 amide bonds. The molecule has 0 saturated carbocycles. The van der Waals surface area contributed by atoms with Crippen LogP contribution in [0.5, 0.6) is 5.75 Å². The minimum absolute atomic E-state index is 0.00239. The van der Waals surface area contributed by atoms with Crippen molar-refractivity contribution in [3.8, 4) is 5.75 Å². The lowest BCUT2D eigenvalue weighted by molar-refractivity contribution is 0.0153. The maximum absolute atomic E-state index is 13.9. The van der Waals surface area contributed by atoms with Gasteiger partial charge in [-0.25, -0.2) is 0 Å². The molecular weight excluding hydrogens is 300 g/mol.